The van der Waals surface area contributed by atoms with Crippen molar-refractivity contribution in [3.63, 3.8) is 0 Å². The van der Waals surface area contributed by atoms with Crippen LogP contribution in [0.5, 0.6) is 11.5 Å². The Morgan fingerprint density at radius 1 is 1.26 bits per heavy atom. The predicted octanol–water partition coefficient (Wildman–Crippen LogP) is 6.44. The molecule has 14 heteroatoms. The van der Waals surface area contributed by atoms with Gasteiger partial charge in [0.2, 0.25) is 5.60 Å². The van der Waals surface area contributed by atoms with Crippen molar-refractivity contribution in [2.45, 2.75) is 42.4 Å². The number of nitrogens with zero attached hydrogens (tertiary/aromatic N) is 2. The molecule has 0 bridgehead atoms. The van der Waals surface area contributed by atoms with Crippen LogP contribution in [0.25, 0.3) is 11.3 Å². The number of hydrogen-bond acceptors (Lipinski definition) is 7. The lowest BCUT2D eigenvalue weighted by Gasteiger charge is -2.31. The third kappa shape index (κ3) is 5.90. The maximum atomic E-state index is 14.6. The molecule has 2 N–H and O–H groups in total. The normalized spacial score (nSPS) is 17.7. The average Bonchev–Trinajstić information content (AvgIpc) is 3.32. The van der Waals surface area contributed by atoms with E-state index in [0.29, 0.717) is 22.4 Å². The first-order chi connectivity index (χ1) is 20.2. The SMILES string of the molecule is C=Nc1c(OC)cc(C(=O)NC[C@](O)(c2cc3c(c(-c4ccc(F)cc4)n2)OC[C@@]3(C)C(F)F)C(F)(F)F)cc1SCC. The topological polar surface area (TPSA) is 93.0 Å². The number of benzene rings is 2. The standard InChI is InChI=1S/C29H27F6N3O4S/c1-5-43-20-11-16(10-19(41-4)23(20)36-3)25(39)37-13-28(40,29(33,34)35)21-12-18-24(42-14-27(18,2)26(31)32)22(38-21)15-6-8-17(30)9-7-15/h6-12,26,40H,3,5,13-14H2,1-2,4H3,(H,37,39)/t27-,28+/m1/s1. The smallest absolute Gasteiger partial charge is 0.424 e. The predicted molar refractivity (Wildman–Crippen MR) is 149 cm³/mol. The number of carbonyl (C=O) groups excluding carboxylic acids is 1. The van der Waals surface area contributed by atoms with Crippen molar-refractivity contribution in [3.8, 4) is 22.8 Å². The summed E-state index contributed by atoms with van der Waals surface area (Å²) in [6, 6.07) is 7.79. The first kappa shape index (κ1) is 32.1. The van der Waals surface area contributed by atoms with E-state index >= 15 is 0 Å². The molecule has 2 heterocycles. The minimum absolute atomic E-state index is 0.0653. The lowest BCUT2D eigenvalue weighted by molar-refractivity contribution is -0.265. The van der Waals surface area contributed by atoms with E-state index in [4.69, 9.17) is 9.47 Å². The second-order valence-electron chi connectivity index (χ2n) is 9.90. The fourth-order valence-corrected chi connectivity index (χ4v) is 5.36. The molecular formula is C29H27F6N3O4S. The second kappa shape index (κ2) is 12.1. The van der Waals surface area contributed by atoms with Crippen LogP contribution >= 0.6 is 11.8 Å². The molecule has 230 valence electrons. The first-order valence-corrected chi connectivity index (χ1v) is 13.8. The maximum absolute atomic E-state index is 14.6. The van der Waals surface area contributed by atoms with Gasteiger partial charge in [0, 0.05) is 21.6 Å². The minimum Gasteiger partial charge on any atom is -0.494 e. The summed E-state index contributed by atoms with van der Waals surface area (Å²) in [6.07, 6.45) is -8.48. The highest BCUT2D eigenvalue weighted by Crippen LogP contribution is 2.49. The van der Waals surface area contributed by atoms with E-state index in [-0.39, 0.29) is 33.9 Å². The lowest BCUT2D eigenvalue weighted by Crippen LogP contribution is -2.51. The number of ether oxygens (including phenoxy) is 2. The van der Waals surface area contributed by atoms with Crippen molar-refractivity contribution in [1.29, 1.82) is 0 Å². The summed E-state index contributed by atoms with van der Waals surface area (Å²) in [5.41, 5.74) is -7.22. The van der Waals surface area contributed by atoms with Crippen LogP contribution < -0.4 is 14.8 Å². The van der Waals surface area contributed by atoms with Gasteiger partial charge in [-0.15, -0.1) is 11.8 Å². The molecule has 1 aromatic heterocycles. The Morgan fingerprint density at radius 2 is 1.93 bits per heavy atom. The second-order valence-corrected chi connectivity index (χ2v) is 11.2. The van der Waals surface area contributed by atoms with Crippen LogP contribution in [0.15, 0.2) is 52.4 Å². The van der Waals surface area contributed by atoms with Crippen molar-refractivity contribution in [1.82, 2.24) is 10.3 Å². The Labute approximate surface area is 247 Å². The zero-order chi connectivity index (χ0) is 31.7. The largest absolute Gasteiger partial charge is 0.494 e. The number of fused-ring (bicyclic) bond motifs is 1. The molecule has 4 rings (SSSR count). The highest BCUT2D eigenvalue weighted by molar-refractivity contribution is 7.99. The number of aliphatic hydroxyl groups is 1. The Kier molecular flexibility index (Phi) is 9.03. The number of alkyl halides is 5. The first-order valence-electron chi connectivity index (χ1n) is 12.8. The molecule has 1 aliphatic rings. The fourth-order valence-electron chi connectivity index (χ4n) is 4.54. The van der Waals surface area contributed by atoms with Gasteiger partial charge in [0.1, 0.15) is 35.3 Å². The summed E-state index contributed by atoms with van der Waals surface area (Å²) in [4.78, 5) is 21.5. The molecule has 0 saturated heterocycles. The van der Waals surface area contributed by atoms with Crippen LogP contribution in [-0.4, -0.2) is 61.3 Å². The Balaban J connectivity index is 1.81. The lowest BCUT2D eigenvalue weighted by atomic mass is 9.82. The van der Waals surface area contributed by atoms with Gasteiger partial charge in [-0.25, -0.2) is 18.2 Å². The van der Waals surface area contributed by atoms with Gasteiger partial charge in [0.05, 0.1) is 24.8 Å². The van der Waals surface area contributed by atoms with Gasteiger partial charge in [-0.05, 0) is 61.9 Å². The molecule has 2 atom stereocenters. The molecule has 0 saturated carbocycles. The van der Waals surface area contributed by atoms with E-state index in [1.807, 2.05) is 6.92 Å². The van der Waals surface area contributed by atoms with Gasteiger partial charge in [-0.2, -0.15) is 13.2 Å². The van der Waals surface area contributed by atoms with Gasteiger partial charge >= 0.3 is 6.18 Å². The quantitative estimate of drug-likeness (QED) is 0.153. The van der Waals surface area contributed by atoms with Crippen molar-refractivity contribution < 1.29 is 45.7 Å². The number of aromatic nitrogens is 1. The Morgan fingerprint density at radius 3 is 2.49 bits per heavy atom. The summed E-state index contributed by atoms with van der Waals surface area (Å²) in [5.74, 6) is -1.13. The van der Waals surface area contributed by atoms with E-state index in [0.717, 1.165) is 19.1 Å². The number of pyridine rings is 1. The molecular weight excluding hydrogens is 600 g/mol. The number of hydrogen-bond donors (Lipinski definition) is 2. The summed E-state index contributed by atoms with van der Waals surface area (Å²) >= 11 is 1.30. The van der Waals surface area contributed by atoms with Crippen LogP contribution in [0.2, 0.25) is 0 Å². The number of amides is 1. The van der Waals surface area contributed by atoms with Crippen LogP contribution in [0, 0.1) is 5.82 Å². The van der Waals surface area contributed by atoms with E-state index in [9.17, 15) is 36.2 Å². The fraction of sp³-hybridized carbons (Fsp3) is 0.345. The van der Waals surface area contributed by atoms with Crippen molar-refractivity contribution in [3.05, 3.63) is 65.1 Å². The van der Waals surface area contributed by atoms with Crippen LogP contribution in [0.4, 0.5) is 32.0 Å². The van der Waals surface area contributed by atoms with Gasteiger partial charge in [-0.3, -0.25) is 9.79 Å². The van der Waals surface area contributed by atoms with E-state index < -0.39 is 54.2 Å². The number of halogens is 6. The van der Waals surface area contributed by atoms with Crippen LogP contribution in [0.1, 0.15) is 35.5 Å². The highest BCUT2D eigenvalue weighted by atomic mass is 32.2. The molecule has 7 nitrogen and oxygen atoms in total. The number of thioether (sulfide) groups is 1. The summed E-state index contributed by atoms with van der Waals surface area (Å²) < 4.78 is 96.5. The number of aliphatic imine (C=N–C) groups is 1. The molecule has 43 heavy (non-hydrogen) atoms. The number of nitrogens with one attached hydrogen (secondary N) is 1. The molecule has 0 fully saturated rings. The molecule has 0 unspecified atom stereocenters. The summed E-state index contributed by atoms with van der Waals surface area (Å²) in [5, 5.41) is 13.2. The minimum atomic E-state index is -5.43. The van der Waals surface area contributed by atoms with Crippen molar-refractivity contribution >= 4 is 30.1 Å². The van der Waals surface area contributed by atoms with Gasteiger partial charge in [-0.1, -0.05) is 6.92 Å². The third-order valence-corrected chi connectivity index (χ3v) is 7.99. The van der Waals surface area contributed by atoms with E-state index in [2.05, 4.69) is 22.0 Å². The highest BCUT2D eigenvalue weighted by Gasteiger charge is 2.58. The van der Waals surface area contributed by atoms with Crippen LogP contribution in [-0.2, 0) is 11.0 Å². The molecule has 2 aromatic carbocycles. The van der Waals surface area contributed by atoms with Gasteiger partial charge < -0.3 is 19.9 Å². The van der Waals surface area contributed by atoms with Crippen molar-refractivity contribution in [2.24, 2.45) is 4.99 Å². The molecule has 3 aromatic rings. The maximum Gasteiger partial charge on any atom is 0.424 e. The number of carbonyl (C=O) groups is 1. The van der Waals surface area contributed by atoms with E-state index in [1.165, 1.54) is 43.1 Å². The molecule has 0 aliphatic carbocycles. The van der Waals surface area contributed by atoms with Gasteiger partial charge in [0.25, 0.3) is 12.3 Å². The average molecular weight is 628 g/mol. The molecule has 1 aliphatic heterocycles. The zero-order valence-electron chi connectivity index (χ0n) is 23.2. The number of rotatable bonds is 10. The Hall–Kier alpha value is -3.78. The van der Waals surface area contributed by atoms with Crippen molar-refractivity contribution in [2.75, 3.05) is 26.0 Å². The van der Waals surface area contributed by atoms with Crippen LogP contribution in [0.3, 0.4) is 0 Å². The number of methoxy groups -OCH3 is 1. The molecule has 1 amide bonds. The molecule has 0 spiro atoms. The van der Waals surface area contributed by atoms with E-state index in [1.54, 1.807) is 0 Å². The molecule has 0 radical (unpaired) electrons. The summed E-state index contributed by atoms with van der Waals surface area (Å²) in [7, 11) is 1.32. The zero-order valence-corrected chi connectivity index (χ0v) is 24.0. The monoisotopic (exact) mass is 627 g/mol. The van der Waals surface area contributed by atoms with Gasteiger partial charge in [0.15, 0.2) is 0 Å². The third-order valence-electron chi connectivity index (χ3n) is 7.08. The Bertz CT molecular complexity index is 1540. The summed E-state index contributed by atoms with van der Waals surface area (Å²) in [6.45, 7) is 4.44.